The molecule has 0 saturated heterocycles. The predicted molar refractivity (Wildman–Crippen MR) is 90.3 cm³/mol. The van der Waals surface area contributed by atoms with E-state index in [1.54, 1.807) is 24.4 Å². The van der Waals surface area contributed by atoms with Crippen LogP contribution in [0.25, 0.3) is 27.8 Å². The van der Waals surface area contributed by atoms with E-state index in [2.05, 4.69) is 15.3 Å². The van der Waals surface area contributed by atoms with Crippen LogP contribution in [0.4, 0.5) is 4.39 Å². The van der Waals surface area contributed by atoms with Crippen molar-refractivity contribution in [3.05, 3.63) is 58.9 Å². The Bertz CT molecular complexity index is 1210. The Kier molecular flexibility index (Phi) is 3.50. The van der Waals surface area contributed by atoms with E-state index >= 15 is 0 Å². The molecule has 0 aliphatic carbocycles. The monoisotopic (exact) mass is 353 g/mol. The van der Waals surface area contributed by atoms with Crippen LogP contribution < -0.4 is 5.56 Å². The van der Waals surface area contributed by atoms with Crippen molar-refractivity contribution >= 4 is 22.6 Å². The number of rotatable bonds is 3. The minimum atomic E-state index is -1.13. The molecule has 4 aromatic rings. The third kappa shape index (κ3) is 2.32. The minimum Gasteiger partial charge on any atom is -0.480 e. The maximum Gasteiger partial charge on any atom is 0.326 e. The van der Waals surface area contributed by atoms with Gasteiger partial charge in [0.1, 0.15) is 17.4 Å². The molecule has 9 heteroatoms. The second-order valence-corrected chi connectivity index (χ2v) is 5.78. The zero-order chi connectivity index (χ0) is 18.4. The van der Waals surface area contributed by atoms with Gasteiger partial charge in [0.2, 0.25) is 0 Å². The van der Waals surface area contributed by atoms with Gasteiger partial charge in [-0.25, -0.2) is 13.7 Å². The van der Waals surface area contributed by atoms with Gasteiger partial charge in [0.15, 0.2) is 11.2 Å². The van der Waals surface area contributed by atoms with Gasteiger partial charge in [0.05, 0.1) is 6.20 Å². The summed E-state index contributed by atoms with van der Waals surface area (Å²) in [5.41, 5.74) is 1.62. The highest BCUT2D eigenvalue weighted by Gasteiger charge is 2.19. The molecule has 0 fully saturated rings. The van der Waals surface area contributed by atoms with Crippen molar-refractivity contribution in [2.45, 2.75) is 13.0 Å². The molecule has 26 heavy (non-hydrogen) atoms. The molecule has 1 N–H and O–H groups in total. The third-order valence-corrected chi connectivity index (χ3v) is 4.22. The molecule has 8 nitrogen and oxygen atoms in total. The number of carboxylic acid groups (broad SMARTS) is 1. The average molecular weight is 353 g/mol. The fourth-order valence-electron chi connectivity index (χ4n) is 2.76. The lowest BCUT2D eigenvalue weighted by molar-refractivity contribution is -0.140. The third-order valence-electron chi connectivity index (χ3n) is 4.22. The quantitative estimate of drug-likeness (QED) is 0.603. The highest BCUT2D eigenvalue weighted by Crippen LogP contribution is 2.24. The summed E-state index contributed by atoms with van der Waals surface area (Å²) >= 11 is 0. The zero-order valence-corrected chi connectivity index (χ0v) is 13.5. The normalized spacial score (nSPS) is 12.5. The summed E-state index contributed by atoms with van der Waals surface area (Å²) in [6, 6.07) is 6.41. The number of carboxylic acids is 1. The molecule has 4 rings (SSSR count). The molecule has 0 aliphatic heterocycles. The van der Waals surface area contributed by atoms with Crippen molar-refractivity contribution < 1.29 is 14.3 Å². The lowest BCUT2D eigenvalue weighted by atomic mass is 10.1. The summed E-state index contributed by atoms with van der Waals surface area (Å²) in [6.45, 7) is 1.40. The van der Waals surface area contributed by atoms with Gasteiger partial charge in [-0.1, -0.05) is 12.1 Å². The molecule has 0 radical (unpaired) electrons. The number of benzene rings is 1. The van der Waals surface area contributed by atoms with Crippen molar-refractivity contribution in [1.29, 1.82) is 0 Å². The van der Waals surface area contributed by atoms with E-state index in [1.807, 2.05) is 0 Å². The SMILES string of the molecule is C[C@H](C(=O)O)n1ccc2c(nnc3c(-c4ccc(F)cc4)cnn32)c1=O. The number of hydrogen-bond acceptors (Lipinski definition) is 5. The van der Waals surface area contributed by atoms with Gasteiger partial charge in [-0.2, -0.15) is 5.10 Å². The van der Waals surface area contributed by atoms with E-state index in [1.165, 1.54) is 29.8 Å². The van der Waals surface area contributed by atoms with Crippen LogP contribution in [-0.2, 0) is 4.79 Å². The van der Waals surface area contributed by atoms with Crippen LogP contribution in [0, 0.1) is 5.82 Å². The number of aliphatic carboxylic acids is 1. The second-order valence-electron chi connectivity index (χ2n) is 5.78. The Labute approximate surface area is 145 Å². The van der Waals surface area contributed by atoms with Crippen LogP contribution in [0.3, 0.4) is 0 Å². The lowest BCUT2D eigenvalue weighted by Crippen LogP contribution is -2.28. The summed E-state index contributed by atoms with van der Waals surface area (Å²) in [5.74, 6) is -1.48. The zero-order valence-electron chi connectivity index (χ0n) is 13.5. The van der Waals surface area contributed by atoms with E-state index in [0.29, 0.717) is 22.3 Å². The highest BCUT2D eigenvalue weighted by molar-refractivity contribution is 5.83. The van der Waals surface area contributed by atoms with Gasteiger partial charge in [0, 0.05) is 11.8 Å². The molecule has 0 spiro atoms. The predicted octanol–water partition coefficient (Wildman–Crippen LogP) is 1.89. The number of carbonyl (C=O) groups is 1. The molecular formula is C17H12FN5O3. The van der Waals surface area contributed by atoms with Crippen molar-refractivity contribution in [3.8, 4) is 11.1 Å². The molecule has 0 aliphatic rings. The Balaban J connectivity index is 1.94. The van der Waals surface area contributed by atoms with E-state index in [0.717, 1.165) is 4.57 Å². The summed E-state index contributed by atoms with van der Waals surface area (Å²) in [6.07, 6.45) is 2.95. The van der Waals surface area contributed by atoms with Crippen LogP contribution >= 0.6 is 0 Å². The molecule has 3 aromatic heterocycles. The largest absolute Gasteiger partial charge is 0.480 e. The van der Waals surface area contributed by atoms with Crippen molar-refractivity contribution in [2.75, 3.05) is 0 Å². The topological polar surface area (TPSA) is 102 Å². The second kappa shape index (κ2) is 5.73. The maximum atomic E-state index is 13.1. The number of halogens is 1. The minimum absolute atomic E-state index is 0.0156. The number of hydrogen-bond donors (Lipinski definition) is 1. The van der Waals surface area contributed by atoms with Gasteiger partial charge in [-0.3, -0.25) is 9.36 Å². The van der Waals surface area contributed by atoms with E-state index in [9.17, 15) is 14.0 Å². The van der Waals surface area contributed by atoms with E-state index in [-0.39, 0.29) is 11.3 Å². The smallest absolute Gasteiger partial charge is 0.326 e. The van der Waals surface area contributed by atoms with Gasteiger partial charge in [-0.05, 0) is 30.7 Å². The van der Waals surface area contributed by atoms with Gasteiger partial charge >= 0.3 is 5.97 Å². The number of pyridine rings is 1. The average Bonchev–Trinajstić information content (AvgIpc) is 3.06. The summed E-state index contributed by atoms with van der Waals surface area (Å²) in [4.78, 5) is 23.7. The standard InChI is InChI=1S/C17H12FN5O3/c1-9(17(25)26)22-7-6-13-14(16(22)24)20-21-15-12(8-19-23(13)15)10-2-4-11(18)5-3-10/h2-9H,1H3,(H,25,26)/t9-/m1/s1. The van der Waals surface area contributed by atoms with Crippen molar-refractivity contribution in [3.63, 3.8) is 0 Å². The van der Waals surface area contributed by atoms with Crippen LogP contribution in [0.1, 0.15) is 13.0 Å². The first kappa shape index (κ1) is 15.9. The summed E-state index contributed by atoms with van der Waals surface area (Å²) < 4.78 is 15.7. The van der Waals surface area contributed by atoms with E-state index in [4.69, 9.17) is 5.11 Å². The van der Waals surface area contributed by atoms with Crippen LogP contribution in [-0.4, -0.2) is 35.5 Å². The number of nitrogens with zero attached hydrogens (tertiary/aromatic N) is 5. The molecular weight excluding hydrogens is 341 g/mol. The van der Waals surface area contributed by atoms with E-state index < -0.39 is 17.6 Å². The number of fused-ring (bicyclic) bond motifs is 3. The molecule has 0 saturated carbocycles. The van der Waals surface area contributed by atoms with Crippen LogP contribution in [0.5, 0.6) is 0 Å². The first-order chi connectivity index (χ1) is 12.5. The Morgan fingerprint density at radius 2 is 1.92 bits per heavy atom. The van der Waals surface area contributed by atoms with Crippen molar-refractivity contribution in [2.24, 2.45) is 0 Å². The fourth-order valence-corrected chi connectivity index (χ4v) is 2.76. The summed E-state index contributed by atoms with van der Waals surface area (Å²) in [7, 11) is 0. The fraction of sp³-hybridized carbons (Fsp3) is 0.118. The molecule has 0 amide bonds. The Morgan fingerprint density at radius 3 is 2.62 bits per heavy atom. The van der Waals surface area contributed by atoms with Gasteiger partial charge in [-0.15, -0.1) is 10.2 Å². The lowest BCUT2D eigenvalue weighted by Gasteiger charge is -2.11. The molecule has 0 bridgehead atoms. The summed E-state index contributed by atoms with van der Waals surface area (Å²) in [5, 5.41) is 21.4. The molecule has 3 heterocycles. The number of aromatic nitrogens is 5. The van der Waals surface area contributed by atoms with Crippen LogP contribution in [0.2, 0.25) is 0 Å². The molecule has 1 aromatic carbocycles. The first-order valence-electron chi connectivity index (χ1n) is 7.71. The van der Waals surface area contributed by atoms with Gasteiger partial charge < -0.3 is 5.11 Å². The van der Waals surface area contributed by atoms with Crippen LogP contribution in [0.15, 0.2) is 47.5 Å². The first-order valence-corrected chi connectivity index (χ1v) is 7.71. The Hall–Kier alpha value is -3.62. The Morgan fingerprint density at radius 1 is 1.19 bits per heavy atom. The molecule has 0 unspecified atom stereocenters. The van der Waals surface area contributed by atoms with Crippen molar-refractivity contribution in [1.82, 2.24) is 24.4 Å². The molecule has 130 valence electrons. The van der Waals surface area contributed by atoms with Gasteiger partial charge in [0.25, 0.3) is 5.56 Å². The molecule has 1 atom stereocenters. The highest BCUT2D eigenvalue weighted by atomic mass is 19.1. The maximum absolute atomic E-state index is 13.1.